The zero-order valence-electron chi connectivity index (χ0n) is 12.8. The van der Waals surface area contributed by atoms with E-state index in [2.05, 4.69) is 15.6 Å². The molecule has 2 unspecified atom stereocenters. The molecule has 0 saturated heterocycles. The average Bonchev–Trinajstić information content (AvgIpc) is 2.56. The van der Waals surface area contributed by atoms with Crippen molar-refractivity contribution in [2.75, 3.05) is 5.75 Å². The van der Waals surface area contributed by atoms with Gasteiger partial charge in [0.25, 0.3) is 0 Å². The van der Waals surface area contributed by atoms with Crippen LogP contribution in [0.25, 0.3) is 0 Å². The molecule has 23 heavy (non-hydrogen) atoms. The molecular weight excluding hydrogens is 330 g/mol. The Morgan fingerprint density at radius 2 is 2.26 bits per heavy atom. The Labute approximate surface area is 145 Å². The van der Waals surface area contributed by atoms with Crippen molar-refractivity contribution in [3.05, 3.63) is 58.9 Å². The van der Waals surface area contributed by atoms with Crippen LogP contribution in [0.15, 0.2) is 47.5 Å². The second kappa shape index (κ2) is 7.23. The maximum atomic E-state index is 12.3. The molecule has 0 fully saturated rings. The Balaban J connectivity index is 1.66. The summed E-state index contributed by atoms with van der Waals surface area (Å²) in [6.45, 7) is 1.92. The molecular formula is C17H18ClN3OS. The van der Waals surface area contributed by atoms with E-state index in [0.29, 0.717) is 5.02 Å². The number of amides is 2. The Morgan fingerprint density at radius 3 is 3.04 bits per heavy atom. The van der Waals surface area contributed by atoms with Crippen molar-refractivity contribution in [3.8, 4) is 0 Å². The van der Waals surface area contributed by atoms with E-state index >= 15 is 0 Å². The highest BCUT2D eigenvalue weighted by molar-refractivity contribution is 7.99. The molecule has 0 radical (unpaired) electrons. The van der Waals surface area contributed by atoms with Crippen LogP contribution in [0, 0.1) is 0 Å². The lowest BCUT2D eigenvalue weighted by atomic mass is 10.0. The van der Waals surface area contributed by atoms with Gasteiger partial charge in [-0.1, -0.05) is 17.7 Å². The van der Waals surface area contributed by atoms with E-state index < -0.39 is 0 Å². The van der Waals surface area contributed by atoms with Gasteiger partial charge in [-0.2, -0.15) is 0 Å². The van der Waals surface area contributed by atoms with Crippen molar-refractivity contribution < 1.29 is 4.79 Å². The molecule has 1 aliphatic rings. The zero-order valence-corrected chi connectivity index (χ0v) is 14.3. The summed E-state index contributed by atoms with van der Waals surface area (Å²) in [6, 6.07) is 11.2. The number of carbonyl (C=O) groups excluding carboxylic acids is 1. The first-order chi connectivity index (χ1) is 11.1. The van der Waals surface area contributed by atoms with Crippen molar-refractivity contribution >= 4 is 29.4 Å². The number of carbonyl (C=O) groups is 1. The first-order valence-electron chi connectivity index (χ1n) is 7.53. The van der Waals surface area contributed by atoms with Crippen molar-refractivity contribution in [1.82, 2.24) is 15.6 Å². The van der Waals surface area contributed by atoms with Crippen LogP contribution in [0.5, 0.6) is 0 Å². The van der Waals surface area contributed by atoms with E-state index in [4.69, 9.17) is 11.6 Å². The maximum absolute atomic E-state index is 12.3. The molecule has 0 spiro atoms. The van der Waals surface area contributed by atoms with Crippen LogP contribution >= 0.6 is 23.4 Å². The molecule has 3 rings (SSSR count). The fraction of sp³-hybridized carbons (Fsp3) is 0.294. The maximum Gasteiger partial charge on any atom is 0.315 e. The van der Waals surface area contributed by atoms with Crippen LogP contribution in [-0.2, 0) is 0 Å². The molecule has 1 aromatic carbocycles. The van der Waals surface area contributed by atoms with Gasteiger partial charge < -0.3 is 10.6 Å². The number of nitrogens with zero attached hydrogens (tertiary/aromatic N) is 1. The van der Waals surface area contributed by atoms with Crippen LogP contribution in [0.2, 0.25) is 5.02 Å². The zero-order chi connectivity index (χ0) is 16.2. The Morgan fingerprint density at radius 1 is 1.39 bits per heavy atom. The topological polar surface area (TPSA) is 54.0 Å². The number of aromatic nitrogens is 1. The van der Waals surface area contributed by atoms with E-state index in [0.717, 1.165) is 23.4 Å². The summed E-state index contributed by atoms with van der Waals surface area (Å²) < 4.78 is 0. The summed E-state index contributed by atoms with van der Waals surface area (Å²) in [5.41, 5.74) is 1.93. The SMILES string of the molecule is CC(NC(=O)NC1CCSc2ccc(Cl)cc21)c1ccccn1. The van der Waals surface area contributed by atoms with Gasteiger partial charge >= 0.3 is 6.03 Å². The van der Waals surface area contributed by atoms with Crippen LogP contribution in [0.4, 0.5) is 4.79 Å². The molecule has 0 saturated carbocycles. The highest BCUT2D eigenvalue weighted by Crippen LogP contribution is 2.37. The number of thioether (sulfide) groups is 1. The molecule has 2 amide bonds. The lowest BCUT2D eigenvalue weighted by molar-refractivity contribution is 0.233. The van der Waals surface area contributed by atoms with Gasteiger partial charge in [-0.3, -0.25) is 4.98 Å². The van der Waals surface area contributed by atoms with Crippen molar-refractivity contribution in [2.45, 2.75) is 30.3 Å². The number of hydrogen-bond acceptors (Lipinski definition) is 3. The first kappa shape index (κ1) is 16.1. The van der Waals surface area contributed by atoms with Crippen molar-refractivity contribution in [3.63, 3.8) is 0 Å². The predicted octanol–water partition coefficient (Wildman–Crippen LogP) is 4.33. The largest absolute Gasteiger partial charge is 0.331 e. The number of pyridine rings is 1. The van der Waals surface area contributed by atoms with Crippen LogP contribution < -0.4 is 10.6 Å². The van der Waals surface area contributed by atoms with E-state index in [1.54, 1.807) is 18.0 Å². The first-order valence-corrected chi connectivity index (χ1v) is 8.90. The monoisotopic (exact) mass is 347 g/mol. The highest BCUT2D eigenvalue weighted by Gasteiger charge is 2.23. The molecule has 2 heterocycles. The smallest absolute Gasteiger partial charge is 0.315 e. The van der Waals surface area contributed by atoms with Gasteiger partial charge in [-0.25, -0.2) is 4.79 Å². The predicted molar refractivity (Wildman–Crippen MR) is 93.9 cm³/mol. The second-order valence-corrected chi connectivity index (χ2v) is 7.04. The molecule has 6 heteroatoms. The minimum Gasteiger partial charge on any atom is -0.331 e. The summed E-state index contributed by atoms with van der Waals surface area (Å²) in [4.78, 5) is 17.7. The average molecular weight is 348 g/mol. The third kappa shape index (κ3) is 3.98. The van der Waals surface area contributed by atoms with Crippen molar-refractivity contribution in [1.29, 1.82) is 0 Å². The Hall–Kier alpha value is -1.72. The summed E-state index contributed by atoms with van der Waals surface area (Å²) in [5, 5.41) is 6.68. The van der Waals surface area contributed by atoms with Gasteiger partial charge in [-0.15, -0.1) is 11.8 Å². The van der Waals surface area contributed by atoms with Gasteiger partial charge in [0.05, 0.1) is 17.8 Å². The van der Waals surface area contributed by atoms with E-state index in [1.165, 1.54) is 4.90 Å². The van der Waals surface area contributed by atoms with Gasteiger partial charge in [-0.05, 0) is 49.2 Å². The fourth-order valence-electron chi connectivity index (χ4n) is 2.62. The molecule has 120 valence electrons. The van der Waals surface area contributed by atoms with E-state index in [9.17, 15) is 4.79 Å². The number of halogens is 1. The van der Waals surface area contributed by atoms with Gasteiger partial charge in [0, 0.05) is 21.9 Å². The normalized spacial score (nSPS) is 17.9. The third-order valence-corrected chi connectivity index (χ3v) is 5.15. The van der Waals surface area contributed by atoms with Gasteiger partial charge in [0.15, 0.2) is 0 Å². The summed E-state index contributed by atoms with van der Waals surface area (Å²) in [6.07, 6.45) is 2.62. The lowest BCUT2D eigenvalue weighted by Crippen LogP contribution is -2.40. The fourth-order valence-corrected chi connectivity index (χ4v) is 3.90. The molecule has 0 bridgehead atoms. The van der Waals surface area contributed by atoms with E-state index in [-0.39, 0.29) is 18.1 Å². The Bertz CT molecular complexity index is 695. The summed E-state index contributed by atoms with van der Waals surface area (Å²) >= 11 is 7.90. The number of hydrogen-bond donors (Lipinski definition) is 2. The second-order valence-electron chi connectivity index (χ2n) is 5.47. The number of benzene rings is 1. The minimum atomic E-state index is -0.189. The number of rotatable bonds is 3. The molecule has 2 aromatic rings. The van der Waals surface area contributed by atoms with Crippen LogP contribution in [0.1, 0.15) is 36.7 Å². The Kier molecular flexibility index (Phi) is 5.08. The molecule has 0 aliphatic carbocycles. The standard InChI is InChI=1S/C17H18ClN3OS/c1-11(14-4-2-3-8-19-14)20-17(22)21-15-7-9-23-16-6-5-12(18)10-13(15)16/h2-6,8,10-11,15H,7,9H2,1H3,(H2,20,21,22). The lowest BCUT2D eigenvalue weighted by Gasteiger charge is -2.27. The number of fused-ring (bicyclic) bond motifs is 1. The molecule has 1 aromatic heterocycles. The van der Waals surface area contributed by atoms with Gasteiger partial charge in [0.2, 0.25) is 0 Å². The van der Waals surface area contributed by atoms with Crippen molar-refractivity contribution in [2.24, 2.45) is 0 Å². The summed E-state index contributed by atoms with van der Waals surface area (Å²) in [7, 11) is 0. The molecule has 2 atom stereocenters. The van der Waals surface area contributed by atoms with Gasteiger partial charge in [0.1, 0.15) is 0 Å². The molecule has 2 N–H and O–H groups in total. The number of urea groups is 1. The quantitative estimate of drug-likeness (QED) is 0.868. The minimum absolute atomic E-state index is 0.0131. The summed E-state index contributed by atoms with van der Waals surface area (Å²) in [5.74, 6) is 0.982. The molecule has 4 nitrogen and oxygen atoms in total. The van der Waals surface area contributed by atoms with Crippen LogP contribution in [-0.4, -0.2) is 16.8 Å². The van der Waals surface area contributed by atoms with Crippen LogP contribution in [0.3, 0.4) is 0 Å². The number of nitrogens with one attached hydrogen (secondary N) is 2. The third-order valence-electron chi connectivity index (χ3n) is 3.80. The highest BCUT2D eigenvalue weighted by atomic mass is 35.5. The van der Waals surface area contributed by atoms with E-state index in [1.807, 2.05) is 43.3 Å². The molecule has 1 aliphatic heterocycles.